The van der Waals surface area contributed by atoms with Crippen LogP contribution < -0.4 is 5.32 Å². The van der Waals surface area contributed by atoms with Gasteiger partial charge in [0.1, 0.15) is 0 Å². The average Bonchev–Trinajstić information content (AvgIpc) is 2.88. The van der Waals surface area contributed by atoms with Crippen LogP contribution in [-0.2, 0) is 4.79 Å². The molecular weight excluding hydrogens is 283 g/mol. The van der Waals surface area contributed by atoms with E-state index in [9.17, 15) is 4.79 Å². The Morgan fingerprint density at radius 3 is 2.47 bits per heavy atom. The number of anilines is 1. The van der Waals surface area contributed by atoms with Crippen molar-refractivity contribution in [3.8, 4) is 0 Å². The van der Waals surface area contributed by atoms with Crippen molar-refractivity contribution in [3.05, 3.63) is 28.2 Å². The molecule has 0 aliphatic heterocycles. The summed E-state index contributed by atoms with van der Waals surface area (Å²) in [7, 11) is 1.99. The van der Waals surface area contributed by atoms with Crippen molar-refractivity contribution in [2.45, 2.75) is 31.7 Å². The van der Waals surface area contributed by atoms with Crippen molar-refractivity contribution >= 4 is 34.8 Å². The number of benzene rings is 1. The molecule has 1 N–H and O–H groups in total. The fourth-order valence-electron chi connectivity index (χ4n) is 2.50. The first-order valence-electron chi connectivity index (χ1n) is 6.52. The van der Waals surface area contributed by atoms with E-state index in [1.807, 2.05) is 7.05 Å². The zero-order valence-electron chi connectivity index (χ0n) is 11.0. The molecule has 1 aromatic rings. The zero-order valence-corrected chi connectivity index (χ0v) is 12.5. The van der Waals surface area contributed by atoms with Gasteiger partial charge in [-0.2, -0.15) is 0 Å². The summed E-state index contributed by atoms with van der Waals surface area (Å²) in [6.07, 6.45) is 4.87. The molecule has 0 radical (unpaired) electrons. The summed E-state index contributed by atoms with van der Waals surface area (Å²) in [5.41, 5.74) is 0.496. The lowest BCUT2D eigenvalue weighted by atomic mass is 10.2. The number of nitrogens with one attached hydrogen (secondary N) is 1. The molecule has 1 aliphatic carbocycles. The monoisotopic (exact) mass is 300 g/mol. The van der Waals surface area contributed by atoms with Gasteiger partial charge in [-0.15, -0.1) is 0 Å². The molecule has 0 bridgehead atoms. The lowest BCUT2D eigenvalue weighted by molar-refractivity contribution is -0.117. The maximum atomic E-state index is 12.0. The van der Waals surface area contributed by atoms with E-state index in [-0.39, 0.29) is 5.91 Å². The third-order valence-corrected chi connectivity index (χ3v) is 4.20. The molecular formula is C14H18Cl2N2O. The minimum atomic E-state index is -0.0793. The minimum Gasteiger partial charge on any atom is -0.322 e. The van der Waals surface area contributed by atoms with Crippen LogP contribution in [0.1, 0.15) is 25.7 Å². The van der Waals surface area contributed by atoms with Gasteiger partial charge in [-0.25, -0.2) is 0 Å². The maximum Gasteiger partial charge on any atom is 0.238 e. The Morgan fingerprint density at radius 2 is 1.89 bits per heavy atom. The number of amides is 1. The first kappa shape index (κ1) is 14.6. The number of hydrogen-bond donors (Lipinski definition) is 1. The van der Waals surface area contributed by atoms with Gasteiger partial charge in [0.25, 0.3) is 0 Å². The van der Waals surface area contributed by atoms with E-state index in [0.29, 0.717) is 28.3 Å². The number of nitrogens with zero attached hydrogens (tertiary/aromatic N) is 1. The molecule has 1 amide bonds. The molecule has 2 rings (SSSR count). The average molecular weight is 301 g/mol. The summed E-state index contributed by atoms with van der Waals surface area (Å²) in [4.78, 5) is 14.1. The Kier molecular flexibility index (Phi) is 5.08. The van der Waals surface area contributed by atoms with Crippen LogP contribution in [-0.4, -0.2) is 30.4 Å². The second-order valence-electron chi connectivity index (χ2n) is 5.00. The maximum absolute atomic E-state index is 12.0. The van der Waals surface area contributed by atoms with Crippen LogP contribution in [0.3, 0.4) is 0 Å². The molecule has 1 aromatic carbocycles. The molecule has 0 atom stereocenters. The van der Waals surface area contributed by atoms with Crippen LogP contribution >= 0.6 is 23.2 Å². The molecule has 104 valence electrons. The van der Waals surface area contributed by atoms with Gasteiger partial charge in [0.05, 0.1) is 22.3 Å². The first-order valence-corrected chi connectivity index (χ1v) is 7.27. The van der Waals surface area contributed by atoms with Crippen LogP contribution in [0.2, 0.25) is 10.0 Å². The Morgan fingerprint density at radius 1 is 1.32 bits per heavy atom. The van der Waals surface area contributed by atoms with E-state index in [2.05, 4.69) is 10.2 Å². The molecule has 5 heteroatoms. The van der Waals surface area contributed by atoms with Crippen molar-refractivity contribution < 1.29 is 4.79 Å². The SMILES string of the molecule is CN(CC(=O)Nc1c(Cl)cccc1Cl)C1CCCC1. The van der Waals surface area contributed by atoms with E-state index >= 15 is 0 Å². The second-order valence-corrected chi connectivity index (χ2v) is 5.81. The summed E-state index contributed by atoms with van der Waals surface area (Å²) in [6, 6.07) is 5.70. The molecule has 1 fully saturated rings. The van der Waals surface area contributed by atoms with Gasteiger partial charge >= 0.3 is 0 Å². The normalized spacial score (nSPS) is 16.0. The third-order valence-electron chi connectivity index (χ3n) is 3.57. The van der Waals surface area contributed by atoms with Crippen LogP contribution in [0.15, 0.2) is 18.2 Å². The molecule has 0 unspecified atom stereocenters. The Hall–Kier alpha value is -0.770. The van der Waals surface area contributed by atoms with Gasteiger partial charge in [0, 0.05) is 6.04 Å². The van der Waals surface area contributed by atoms with E-state index in [4.69, 9.17) is 23.2 Å². The predicted molar refractivity (Wildman–Crippen MR) is 80.0 cm³/mol. The van der Waals surface area contributed by atoms with Crippen LogP contribution in [0, 0.1) is 0 Å². The summed E-state index contributed by atoms with van der Waals surface area (Å²) in [5.74, 6) is -0.0793. The first-order chi connectivity index (χ1) is 9.08. The number of hydrogen-bond acceptors (Lipinski definition) is 2. The van der Waals surface area contributed by atoms with Gasteiger partial charge < -0.3 is 5.32 Å². The van der Waals surface area contributed by atoms with Gasteiger partial charge in [0.15, 0.2) is 0 Å². The Bertz CT molecular complexity index is 439. The highest BCUT2D eigenvalue weighted by Gasteiger charge is 2.21. The Labute approximate surface area is 123 Å². The minimum absolute atomic E-state index is 0.0793. The van der Waals surface area contributed by atoms with Crippen molar-refractivity contribution in [2.75, 3.05) is 18.9 Å². The van der Waals surface area contributed by atoms with Crippen molar-refractivity contribution in [3.63, 3.8) is 0 Å². The number of carbonyl (C=O) groups excluding carboxylic acids is 1. The Balaban J connectivity index is 1.93. The van der Waals surface area contributed by atoms with Gasteiger partial charge in [-0.3, -0.25) is 9.69 Å². The summed E-state index contributed by atoms with van der Waals surface area (Å²) in [6.45, 7) is 0.367. The van der Waals surface area contributed by atoms with Gasteiger partial charge in [-0.1, -0.05) is 42.1 Å². The zero-order chi connectivity index (χ0) is 13.8. The summed E-state index contributed by atoms with van der Waals surface area (Å²) in [5, 5.41) is 3.71. The molecule has 1 saturated carbocycles. The van der Waals surface area contributed by atoms with E-state index in [0.717, 1.165) is 0 Å². The summed E-state index contributed by atoms with van der Waals surface area (Å²) >= 11 is 12.0. The van der Waals surface area contributed by atoms with E-state index < -0.39 is 0 Å². The van der Waals surface area contributed by atoms with Crippen molar-refractivity contribution in [2.24, 2.45) is 0 Å². The molecule has 0 aromatic heterocycles. The highest BCUT2D eigenvalue weighted by atomic mass is 35.5. The highest BCUT2D eigenvalue weighted by Crippen LogP contribution is 2.29. The topological polar surface area (TPSA) is 32.3 Å². The number of halogens is 2. The second kappa shape index (κ2) is 6.60. The van der Waals surface area contributed by atoms with Crippen molar-refractivity contribution in [1.82, 2.24) is 4.90 Å². The fourth-order valence-corrected chi connectivity index (χ4v) is 2.99. The predicted octanol–water partition coefficient (Wildman–Crippen LogP) is 3.81. The molecule has 0 heterocycles. The highest BCUT2D eigenvalue weighted by molar-refractivity contribution is 6.39. The van der Waals surface area contributed by atoms with Crippen LogP contribution in [0.25, 0.3) is 0 Å². The van der Waals surface area contributed by atoms with Crippen LogP contribution in [0.5, 0.6) is 0 Å². The quantitative estimate of drug-likeness (QED) is 0.917. The van der Waals surface area contributed by atoms with Crippen LogP contribution in [0.4, 0.5) is 5.69 Å². The lowest BCUT2D eigenvalue weighted by Gasteiger charge is -2.23. The number of para-hydroxylation sites is 1. The number of likely N-dealkylation sites (N-methyl/N-ethyl adjacent to an activating group) is 1. The molecule has 3 nitrogen and oxygen atoms in total. The molecule has 1 aliphatic rings. The number of carbonyl (C=O) groups is 1. The van der Waals surface area contributed by atoms with E-state index in [1.165, 1.54) is 25.7 Å². The molecule has 19 heavy (non-hydrogen) atoms. The molecule has 0 spiro atoms. The third kappa shape index (κ3) is 3.85. The smallest absolute Gasteiger partial charge is 0.238 e. The standard InChI is InChI=1S/C14H18Cl2N2O/c1-18(10-5-2-3-6-10)9-13(19)17-14-11(15)7-4-8-12(14)16/h4,7-8,10H,2-3,5-6,9H2,1H3,(H,17,19). The lowest BCUT2D eigenvalue weighted by Crippen LogP contribution is -2.36. The number of rotatable bonds is 4. The molecule has 0 saturated heterocycles. The van der Waals surface area contributed by atoms with E-state index in [1.54, 1.807) is 18.2 Å². The van der Waals surface area contributed by atoms with Crippen molar-refractivity contribution in [1.29, 1.82) is 0 Å². The van der Waals surface area contributed by atoms with Gasteiger partial charge in [0.2, 0.25) is 5.91 Å². The van der Waals surface area contributed by atoms with Gasteiger partial charge in [-0.05, 0) is 32.0 Å². The summed E-state index contributed by atoms with van der Waals surface area (Å²) < 4.78 is 0. The fraction of sp³-hybridized carbons (Fsp3) is 0.500. The largest absolute Gasteiger partial charge is 0.322 e.